The van der Waals surface area contributed by atoms with Crippen molar-refractivity contribution in [3.8, 4) is 0 Å². The van der Waals surface area contributed by atoms with Crippen LogP contribution >= 0.6 is 0 Å². The molecular weight excluding hydrogens is 358 g/mol. The first kappa shape index (κ1) is 20.9. The van der Waals surface area contributed by atoms with Crippen LogP contribution in [0.15, 0.2) is 36.4 Å². The standard InChI is InChI=1S/C14H19FO.C10H11FO/c1-9-8-12(15)6-7-13(9)14(10(2)16)11-4-3-5-11;1-6-5-8(11)3-4-9(6)10-7(2)12-10/h6-8,10-11,14,16H,3-5H2,1-2H3;3-5,7,10H,1-2H3/t10-,14+;7-,10+/m11/s1. The molecule has 2 aromatic rings. The summed E-state index contributed by atoms with van der Waals surface area (Å²) in [5.74, 6) is 0.377. The molecule has 0 amide bonds. The van der Waals surface area contributed by atoms with E-state index in [0.717, 1.165) is 22.3 Å². The summed E-state index contributed by atoms with van der Waals surface area (Å²) in [6, 6.07) is 9.72. The highest BCUT2D eigenvalue weighted by Crippen LogP contribution is 2.42. The van der Waals surface area contributed by atoms with E-state index in [9.17, 15) is 13.9 Å². The number of aryl methyl sites for hydroxylation is 2. The van der Waals surface area contributed by atoms with E-state index in [-0.39, 0.29) is 29.8 Å². The lowest BCUT2D eigenvalue weighted by molar-refractivity contribution is 0.101. The molecule has 2 fully saturated rings. The molecule has 2 aromatic carbocycles. The maximum absolute atomic E-state index is 13.0. The van der Waals surface area contributed by atoms with Crippen LogP contribution in [0.25, 0.3) is 0 Å². The summed E-state index contributed by atoms with van der Waals surface area (Å²) >= 11 is 0. The normalized spacial score (nSPS) is 23.2. The molecule has 1 heterocycles. The number of hydrogen-bond acceptors (Lipinski definition) is 2. The van der Waals surface area contributed by atoms with Crippen LogP contribution in [-0.2, 0) is 4.74 Å². The van der Waals surface area contributed by atoms with Gasteiger partial charge in [-0.25, -0.2) is 8.78 Å². The summed E-state index contributed by atoms with van der Waals surface area (Å²) in [5, 5.41) is 9.90. The Hall–Kier alpha value is -1.78. The maximum Gasteiger partial charge on any atom is 0.123 e. The number of benzene rings is 2. The quantitative estimate of drug-likeness (QED) is 0.652. The zero-order valence-corrected chi connectivity index (χ0v) is 17.1. The first-order chi connectivity index (χ1) is 13.3. The Morgan fingerprint density at radius 1 is 1.00 bits per heavy atom. The highest BCUT2D eigenvalue weighted by molar-refractivity contribution is 5.32. The molecule has 1 aliphatic heterocycles. The van der Waals surface area contributed by atoms with Crippen molar-refractivity contribution in [1.29, 1.82) is 0 Å². The summed E-state index contributed by atoms with van der Waals surface area (Å²) in [5.41, 5.74) is 4.16. The number of hydrogen-bond donors (Lipinski definition) is 1. The van der Waals surface area contributed by atoms with E-state index in [1.54, 1.807) is 18.2 Å². The molecule has 0 unspecified atom stereocenters. The number of aliphatic hydroxyl groups excluding tert-OH is 1. The molecule has 1 aliphatic carbocycles. The van der Waals surface area contributed by atoms with Gasteiger partial charge in [-0.3, -0.25) is 0 Å². The minimum Gasteiger partial charge on any atom is -0.393 e. The van der Waals surface area contributed by atoms with Crippen LogP contribution in [0.1, 0.15) is 67.4 Å². The second kappa shape index (κ2) is 8.71. The van der Waals surface area contributed by atoms with E-state index in [4.69, 9.17) is 4.74 Å². The fraction of sp³-hybridized carbons (Fsp3) is 0.500. The van der Waals surface area contributed by atoms with Crippen LogP contribution in [0, 0.1) is 31.4 Å². The first-order valence-electron chi connectivity index (χ1n) is 10.1. The second-order valence-electron chi connectivity index (χ2n) is 8.22. The van der Waals surface area contributed by atoms with E-state index in [1.807, 2.05) is 33.8 Å². The van der Waals surface area contributed by atoms with Crippen molar-refractivity contribution in [2.24, 2.45) is 5.92 Å². The third-order valence-corrected chi connectivity index (χ3v) is 6.02. The van der Waals surface area contributed by atoms with Gasteiger partial charge in [-0.2, -0.15) is 0 Å². The average molecular weight is 388 g/mol. The van der Waals surface area contributed by atoms with Gasteiger partial charge in [0.15, 0.2) is 0 Å². The molecule has 4 atom stereocenters. The van der Waals surface area contributed by atoms with Crippen LogP contribution in [-0.4, -0.2) is 17.3 Å². The topological polar surface area (TPSA) is 32.8 Å². The van der Waals surface area contributed by atoms with Gasteiger partial charge < -0.3 is 9.84 Å². The van der Waals surface area contributed by atoms with Crippen molar-refractivity contribution in [3.63, 3.8) is 0 Å². The molecule has 152 valence electrons. The fourth-order valence-corrected chi connectivity index (χ4v) is 4.19. The Morgan fingerprint density at radius 3 is 2.00 bits per heavy atom. The lowest BCUT2D eigenvalue weighted by Gasteiger charge is -2.36. The zero-order chi connectivity index (χ0) is 20.4. The zero-order valence-electron chi connectivity index (χ0n) is 17.1. The Labute approximate surface area is 166 Å². The predicted molar refractivity (Wildman–Crippen MR) is 107 cm³/mol. The van der Waals surface area contributed by atoms with Gasteiger partial charge in [-0.05, 0) is 93.0 Å². The Bertz CT molecular complexity index is 814. The third-order valence-electron chi connectivity index (χ3n) is 6.02. The largest absolute Gasteiger partial charge is 0.393 e. The molecule has 0 bridgehead atoms. The first-order valence-corrected chi connectivity index (χ1v) is 10.1. The molecule has 28 heavy (non-hydrogen) atoms. The van der Waals surface area contributed by atoms with Crippen LogP contribution in [0.3, 0.4) is 0 Å². The summed E-state index contributed by atoms with van der Waals surface area (Å²) in [4.78, 5) is 0. The van der Waals surface area contributed by atoms with Crippen molar-refractivity contribution in [2.45, 2.75) is 71.2 Å². The van der Waals surface area contributed by atoms with Crippen LogP contribution < -0.4 is 0 Å². The molecule has 4 heteroatoms. The molecule has 1 saturated heterocycles. The van der Waals surface area contributed by atoms with Crippen molar-refractivity contribution < 1.29 is 18.6 Å². The highest BCUT2D eigenvalue weighted by atomic mass is 19.1. The summed E-state index contributed by atoms with van der Waals surface area (Å²) in [6.45, 7) is 7.69. The lowest BCUT2D eigenvalue weighted by atomic mass is 9.70. The number of rotatable bonds is 4. The smallest absolute Gasteiger partial charge is 0.123 e. The van der Waals surface area contributed by atoms with Crippen LogP contribution in [0.5, 0.6) is 0 Å². The van der Waals surface area contributed by atoms with Crippen molar-refractivity contribution >= 4 is 0 Å². The third kappa shape index (κ3) is 4.79. The Balaban J connectivity index is 0.000000167. The van der Waals surface area contributed by atoms with Crippen LogP contribution in [0.4, 0.5) is 8.78 Å². The molecule has 2 aliphatic rings. The molecule has 2 nitrogen and oxygen atoms in total. The highest BCUT2D eigenvalue weighted by Gasteiger charge is 2.36. The number of epoxide rings is 1. The number of aliphatic hydroxyl groups is 1. The molecule has 0 spiro atoms. The molecule has 1 N–H and O–H groups in total. The van der Waals surface area contributed by atoms with Gasteiger partial charge in [0.2, 0.25) is 0 Å². The maximum atomic E-state index is 13.0. The van der Waals surface area contributed by atoms with E-state index >= 15 is 0 Å². The number of halogens is 2. The number of ether oxygens (including phenoxy) is 1. The van der Waals surface area contributed by atoms with E-state index in [2.05, 4.69) is 0 Å². The monoisotopic (exact) mass is 388 g/mol. The molecular formula is C24H30F2O2. The fourth-order valence-electron chi connectivity index (χ4n) is 4.19. The SMILES string of the molecule is Cc1cc(F)ccc1[C@H](C1CCC1)[C@@H](C)O.Cc1cc(F)ccc1[C@H]1O[C@@H]1C. The Kier molecular flexibility index (Phi) is 6.51. The molecule has 0 aromatic heterocycles. The van der Waals surface area contributed by atoms with E-state index < -0.39 is 0 Å². The predicted octanol–water partition coefficient (Wildman–Crippen LogP) is 5.99. The van der Waals surface area contributed by atoms with Gasteiger partial charge in [0, 0.05) is 5.92 Å². The van der Waals surface area contributed by atoms with Gasteiger partial charge in [-0.1, -0.05) is 18.6 Å². The summed E-state index contributed by atoms with van der Waals surface area (Å²) in [6.07, 6.45) is 3.78. The van der Waals surface area contributed by atoms with Crippen molar-refractivity contribution in [3.05, 3.63) is 70.3 Å². The van der Waals surface area contributed by atoms with E-state index in [0.29, 0.717) is 12.0 Å². The summed E-state index contributed by atoms with van der Waals surface area (Å²) in [7, 11) is 0. The van der Waals surface area contributed by atoms with Gasteiger partial charge in [0.25, 0.3) is 0 Å². The lowest BCUT2D eigenvalue weighted by Crippen LogP contribution is -2.29. The average Bonchev–Trinajstić information content (AvgIpc) is 3.28. The van der Waals surface area contributed by atoms with Crippen molar-refractivity contribution in [1.82, 2.24) is 0 Å². The second-order valence-corrected chi connectivity index (χ2v) is 8.22. The van der Waals surface area contributed by atoms with Gasteiger partial charge in [0.05, 0.1) is 12.2 Å². The minimum atomic E-state index is -0.352. The summed E-state index contributed by atoms with van der Waals surface area (Å²) < 4.78 is 31.0. The van der Waals surface area contributed by atoms with Gasteiger partial charge in [-0.15, -0.1) is 0 Å². The van der Waals surface area contributed by atoms with Crippen LogP contribution in [0.2, 0.25) is 0 Å². The molecule has 1 saturated carbocycles. The van der Waals surface area contributed by atoms with Gasteiger partial charge >= 0.3 is 0 Å². The Morgan fingerprint density at radius 2 is 1.57 bits per heavy atom. The van der Waals surface area contributed by atoms with E-state index in [1.165, 1.54) is 31.4 Å². The molecule has 0 radical (unpaired) electrons. The van der Waals surface area contributed by atoms with Gasteiger partial charge in [0.1, 0.15) is 17.7 Å². The molecule has 4 rings (SSSR count). The minimum absolute atomic E-state index is 0.175. The van der Waals surface area contributed by atoms with Crippen molar-refractivity contribution in [2.75, 3.05) is 0 Å².